The Morgan fingerprint density at radius 2 is 2.05 bits per heavy atom. The summed E-state index contributed by atoms with van der Waals surface area (Å²) in [4.78, 5) is 25.3. The van der Waals surface area contributed by atoms with Crippen molar-refractivity contribution in [2.45, 2.75) is 32.5 Å². The Kier molecular flexibility index (Phi) is 3.92. The minimum absolute atomic E-state index is 0.151. The van der Waals surface area contributed by atoms with E-state index >= 15 is 0 Å². The first-order valence-corrected chi connectivity index (χ1v) is 6.37. The maximum Gasteiger partial charge on any atom is 0.245 e. The fraction of sp³-hybridized carbons (Fsp3) is 0.429. The molecule has 20 heavy (non-hydrogen) atoms. The van der Waals surface area contributed by atoms with E-state index in [9.17, 15) is 14.0 Å². The molecule has 1 heterocycles. The van der Waals surface area contributed by atoms with Crippen LogP contribution in [0.2, 0.25) is 0 Å². The molecule has 6 heteroatoms. The van der Waals surface area contributed by atoms with Crippen LogP contribution in [0, 0.1) is 5.82 Å². The van der Waals surface area contributed by atoms with Gasteiger partial charge < -0.3 is 15.0 Å². The first kappa shape index (κ1) is 14.3. The standard InChI is InChI=1S/C14H17FN2O3/c1-8-14(19)17(9(2)13(18)16-8)7-10-4-5-12(20-3)11(15)6-10/h4-6,8-9H,7H2,1-3H3,(H,16,18). The van der Waals surface area contributed by atoms with Crippen LogP contribution in [-0.4, -0.2) is 35.9 Å². The van der Waals surface area contributed by atoms with Gasteiger partial charge in [-0.15, -0.1) is 0 Å². The van der Waals surface area contributed by atoms with Crippen LogP contribution in [0.5, 0.6) is 5.75 Å². The van der Waals surface area contributed by atoms with Crippen LogP contribution in [0.3, 0.4) is 0 Å². The van der Waals surface area contributed by atoms with Crippen molar-refractivity contribution < 1.29 is 18.7 Å². The fourth-order valence-electron chi connectivity index (χ4n) is 2.20. The number of nitrogens with one attached hydrogen (secondary N) is 1. The van der Waals surface area contributed by atoms with Gasteiger partial charge >= 0.3 is 0 Å². The number of amides is 2. The van der Waals surface area contributed by atoms with Gasteiger partial charge in [0.25, 0.3) is 0 Å². The molecule has 1 saturated heterocycles. The van der Waals surface area contributed by atoms with Gasteiger partial charge in [-0.25, -0.2) is 4.39 Å². The van der Waals surface area contributed by atoms with Crippen molar-refractivity contribution in [3.63, 3.8) is 0 Å². The molecule has 1 aromatic rings. The van der Waals surface area contributed by atoms with Gasteiger partial charge in [0.1, 0.15) is 12.1 Å². The molecule has 1 N–H and O–H groups in total. The summed E-state index contributed by atoms with van der Waals surface area (Å²) in [6, 6.07) is 3.38. The summed E-state index contributed by atoms with van der Waals surface area (Å²) in [6.07, 6.45) is 0. The zero-order chi connectivity index (χ0) is 14.9. The summed E-state index contributed by atoms with van der Waals surface area (Å²) in [6.45, 7) is 3.48. The van der Waals surface area contributed by atoms with E-state index in [4.69, 9.17) is 4.74 Å². The second-order valence-electron chi connectivity index (χ2n) is 4.84. The SMILES string of the molecule is COc1ccc(CN2C(=O)C(C)NC(=O)C2C)cc1F. The molecule has 2 amide bonds. The zero-order valence-electron chi connectivity index (χ0n) is 11.6. The molecule has 108 valence electrons. The monoisotopic (exact) mass is 280 g/mol. The van der Waals surface area contributed by atoms with Gasteiger partial charge in [0.05, 0.1) is 7.11 Å². The number of benzene rings is 1. The third-order valence-electron chi connectivity index (χ3n) is 3.43. The number of carbonyl (C=O) groups excluding carboxylic acids is 2. The van der Waals surface area contributed by atoms with Crippen molar-refractivity contribution >= 4 is 11.8 Å². The molecule has 1 aliphatic rings. The lowest BCUT2D eigenvalue weighted by Gasteiger charge is -2.36. The zero-order valence-corrected chi connectivity index (χ0v) is 11.6. The number of hydrogen-bond donors (Lipinski definition) is 1. The predicted molar refractivity (Wildman–Crippen MR) is 70.6 cm³/mol. The van der Waals surface area contributed by atoms with Crippen LogP contribution < -0.4 is 10.1 Å². The highest BCUT2D eigenvalue weighted by atomic mass is 19.1. The number of piperazine rings is 1. The molecule has 0 spiro atoms. The molecule has 0 bridgehead atoms. The van der Waals surface area contributed by atoms with Crippen LogP contribution in [0.15, 0.2) is 18.2 Å². The van der Waals surface area contributed by atoms with Crippen LogP contribution in [0.1, 0.15) is 19.4 Å². The highest BCUT2D eigenvalue weighted by Crippen LogP contribution is 2.20. The number of nitrogens with zero attached hydrogens (tertiary/aromatic N) is 1. The van der Waals surface area contributed by atoms with Gasteiger partial charge in [0.15, 0.2) is 11.6 Å². The summed E-state index contributed by atoms with van der Waals surface area (Å²) in [5, 5.41) is 2.60. The van der Waals surface area contributed by atoms with E-state index < -0.39 is 17.9 Å². The normalized spacial score (nSPS) is 22.7. The fourth-order valence-corrected chi connectivity index (χ4v) is 2.20. The van der Waals surface area contributed by atoms with Crippen LogP contribution in [-0.2, 0) is 16.1 Å². The van der Waals surface area contributed by atoms with Gasteiger partial charge in [0.2, 0.25) is 11.8 Å². The molecule has 1 aliphatic heterocycles. The van der Waals surface area contributed by atoms with E-state index in [-0.39, 0.29) is 24.1 Å². The molecule has 1 fully saturated rings. The molecule has 2 atom stereocenters. The molecule has 2 unspecified atom stereocenters. The lowest BCUT2D eigenvalue weighted by atomic mass is 10.1. The number of carbonyl (C=O) groups is 2. The van der Waals surface area contributed by atoms with E-state index in [0.717, 1.165) is 0 Å². The summed E-state index contributed by atoms with van der Waals surface area (Å²) < 4.78 is 18.5. The first-order valence-electron chi connectivity index (χ1n) is 6.37. The van der Waals surface area contributed by atoms with Crippen molar-refractivity contribution in [3.05, 3.63) is 29.6 Å². The molecular weight excluding hydrogens is 263 g/mol. The smallest absolute Gasteiger partial charge is 0.245 e. The Morgan fingerprint density at radius 1 is 1.35 bits per heavy atom. The van der Waals surface area contributed by atoms with Gasteiger partial charge in [-0.05, 0) is 31.5 Å². The quantitative estimate of drug-likeness (QED) is 0.901. The topological polar surface area (TPSA) is 58.6 Å². The molecule has 0 aromatic heterocycles. The molecule has 0 radical (unpaired) electrons. The lowest BCUT2D eigenvalue weighted by molar-refractivity contribution is -0.148. The van der Waals surface area contributed by atoms with Crippen molar-refractivity contribution in [1.29, 1.82) is 0 Å². The third-order valence-corrected chi connectivity index (χ3v) is 3.43. The Hall–Kier alpha value is -2.11. The number of ether oxygens (including phenoxy) is 1. The molecule has 1 aromatic carbocycles. The van der Waals surface area contributed by atoms with Gasteiger partial charge in [-0.3, -0.25) is 9.59 Å². The van der Waals surface area contributed by atoms with Crippen molar-refractivity contribution in [2.24, 2.45) is 0 Å². The van der Waals surface area contributed by atoms with E-state index in [2.05, 4.69) is 5.32 Å². The Morgan fingerprint density at radius 3 is 2.65 bits per heavy atom. The minimum Gasteiger partial charge on any atom is -0.494 e. The van der Waals surface area contributed by atoms with Gasteiger partial charge in [-0.1, -0.05) is 6.07 Å². The molecular formula is C14H17FN2O3. The molecule has 2 rings (SSSR count). The average Bonchev–Trinajstić information content (AvgIpc) is 2.41. The van der Waals surface area contributed by atoms with Crippen LogP contribution >= 0.6 is 0 Å². The summed E-state index contributed by atoms with van der Waals surface area (Å²) in [7, 11) is 1.39. The largest absolute Gasteiger partial charge is 0.494 e. The highest BCUT2D eigenvalue weighted by Gasteiger charge is 2.35. The molecule has 5 nitrogen and oxygen atoms in total. The lowest BCUT2D eigenvalue weighted by Crippen LogP contribution is -2.60. The Bertz CT molecular complexity index is 547. The molecule has 0 aliphatic carbocycles. The van der Waals surface area contributed by atoms with E-state index in [1.165, 1.54) is 24.1 Å². The van der Waals surface area contributed by atoms with Crippen molar-refractivity contribution in [3.8, 4) is 5.75 Å². The summed E-state index contributed by atoms with van der Waals surface area (Å²) >= 11 is 0. The van der Waals surface area contributed by atoms with E-state index in [0.29, 0.717) is 5.56 Å². The van der Waals surface area contributed by atoms with Crippen molar-refractivity contribution in [1.82, 2.24) is 10.2 Å². The maximum absolute atomic E-state index is 13.6. The number of hydrogen-bond acceptors (Lipinski definition) is 3. The number of methoxy groups -OCH3 is 1. The third kappa shape index (κ3) is 2.59. The highest BCUT2D eigenvalue weighted by molar-refractivity contribution is 5.96. The Labute approximate surface area is 116 Å². The number of rotatable bonds is 3. The Balaban J connectivity index is 2.21. The van der Waals surface area contributed by atoms with Gasteiger partial charge in [0, 0.05) is 6.54 Å². The first-order chi connectivity index (χ1) is 9.43. The van der Waals surface area contributed by atoms with Gasteiger partial charge in [-0.2, -0.15) is 0 Å². The number of halogens is 1. The average molecular weight is 280 g/mol. The second kappa shape index (κ2) is 5.48. The summed E-state index contributed by atoms with van der Waals surface area (Å²) in [5.41, 5.74) is 0.616. The predicted octanol–water partition coefficient (Wildman–Crippen LogP) is 1.07. The van der Waals surface area contributed by atoms with E-state index in [1.807, 2.05) is 0 Å². The van der Waals surface area contributed by atoms with Crippen LogP contribution in [0.4, 0.5) is 4.39 Å². The minimum atomic E-state index is -0.566. The maximum atomic E-state index is 13.6. The molecule has 0 saturated carbocycles. The van der Waals surface area contributed by atoms with Crippen molar-refractivity contribution in [2.75, 3.05) is 7.11 Å². The second-order valence-corrected chi connectivity index (χ2v) is 4.84. The van der Waals surface area contributed by atoms with E-state index in [1.54, 1.807) is 19.9 Å². The van der Waals surface area contributed by atoms with Crippen LogP contribution in [0.25, 0.3) is 0 Å². The summed E-state index contributed by atoms with van der Waals surface area (Å²) in [5.74, 6) is -0.711.